The molecule has 0 amide bonds. The Morgan fingerprint density at radius 2 is 1.83 bits per heavy atom. The summed E-state index contributed by atoms with van der Waals surface area (Å²) in [5, 5.41) is 41.6. The van der Waals surface area contributed by atoms with E-state index in [0.717, 1.165) is 19.3 Å². The second-order valence-electron chi connectivity index (χ2n) is 4.82. The third kappa shape index (κ3) is 3.63. The maximum atomic E-state index is 9.96. The molecule has 1 saturated heterocycles. The number of hydrogen-bond acceptors (Lipinski definition) is 6. The lowest BCUT2D eigenvalue weighted by Crippen LogP contribution is -2.64. The van der Waals surface area contributed by atoms with Crippen LogP contribution in [0.3, 0.4) is 0 Å². The second-order valence-corrected chi connectivity index (χ2v) is 4.82. The lowest BCUT2D eigenvalue weighted by Gasteiger charge is -2.41. The number of aliphatic hydroxyl groups excluding tert-OH is 4. The fourth-order valence-electron chi connectivity index (χ4n) is 2.30. The van der Waals surface area contributed by atoms with Gasteiger partial charge in [-0.25, -0.2) is 0 Å². The molecule has 18 heavy (non-hydrogen) atoms. The van der Waals surface area contributed by atoms with Crippen LogP contribution >= 0.6 is 0 Å². The zero-order valence-electron chi connectivity index (χ0n) is 11.0. The first-order valence-electron chi connectivity index (χ1n) is 6.61. The first kappa shape index (κ1) is 15.8. The Balaban J connectivity index is 2.64. The first-order valence-corrected chi connectivity index (χ1v) is 6.61. The number of nitrogens with one attached hydrogen (secondary N) is 1. The molecule has 0 aromatic heterocycles. The Labute approximate surface area is 108 Å². The monoisotopic (exact) mass is 263 g/mol. The molecular weight excluding hydrogens is 238 g/mol. The molecule has 0 bridgehead atoms. The van der Waals surface area contributed by atoms with Gasteiger partial charge in [0, 0.05) is 6.04 Å². The van der Waals surface area contributed by atoms with E-state index in [2.05, 4.69) is 12.2 Å². The third-order valence-electron chi connectivity index (χ3n) is 3.46. The highest BCUT2D eigenvalue weighted by atomic mass is 16.6. The molecule has 1 aliphatic rings. The van der Waals surface area contributed by atoms with Crippen molar-refractivity contribution in [3.8, 4) is 0 Å². The highest BCUT2D eigenvalue weighted by Gasteiger charge is 2.43. The molecule has 1 heterocycles. The Kier molecular flexibility index (Phi) is 6.48. The summed E-state index contributed by atoms with van der Waals surface area (Å²) in [5.41, 5.74) is 0. The van der Waals surface area contributed by atoms with Gasteiger partial charge in [0.2, 0.25) is 0 Å². The summed E-state index contributed by atoms with van der Waals surface area (Å²) in [6, 6.07) is -0.579. The Morgan fingerprint density at radius 3 is 2.33 bits per heavy atom. The van der Waals surface area contributed by atoms with E-state index in [1.807, 2.05) is 6.92 Å². The van der Waals surface area contributed by atoms with E-state index >= 15 is 0 Å². The van der Waals surface area contributed by atoms with Gasteiger partial charge < -0.3 is 30.5 Å². The van der Waals surface area contributed by atoms with Crippen molar-refractivity contribution in [2.24, 2.45) is 0 Å². The number of ether oxygens (including phenoxy) is 1. The summed E-state index contributed by atoms with van der Waals surface area (Å²) in [4.78, 5) is 0. The Hall–Kier alpha value is -0.240. The zero-order chi connectivity index (χ0) is 13.7. The van der Waals surface area contributed by atoms with Crippen molar-refractivity contribution in [2.45, 2.75) is 69.8 Å². The summed E-state index contributed by atoms with van der Waals surface area (Å²) >= 11 is 0. The minimum absolute atomic E-state index is 0.158. The quantitative estimate of drug-likeness (QED) is 0.419. The minimum Gasteiger partial charge on any atom is -0.394 e. The molecule has 4 unspecified atom stereocenters. The van der Waals surface area contributed by atoms with Crippen molar-refractivity contribution in [2.75, 3.05) is 6.61 Å². The molecule has 1 fully saturated rings. The van der Waals surface area contributed by atoms with Crippen LogP contribution < -0.4 is 5.32 Å². The van der Waals surface area contributed by atoms with Crippen LogP contribution in [0.2, 0.25) is 0 Å². The van der Waals surface area contributed by atoms with Gasteiger partial charge in [0.05, 0.1) is 12.6 Å². The van der Waals surface area contributed by atoms with Gasteiger partial charge in [-0.2, -0.15) is 0 Å². The standard InChI is InChI=1S/C12H25NO5/c1-3-5-7(4-2)13-9-11(16)10(15)8(6-14)18-12(9)17/h7-17H,3-6H2,1-2H3/t7?,8?,9?,10-,11-,12?/m1/s1. The van der Waals surface area contributed by atoms with Crippen LogP contribution in [0.25, 0.3) is 0 Å². The molecule has 0 aromatic rings. The summed E-state index contributed by atoms with van der Waals surface area (Å²) in [6.07, 6.45) is -1.75. The summed E-state index contributed by atoms with van der Waals surface area (Å²) in [7, 11) is 0. The lowest BCUT2D eigenvalue weighted by molar-refractivity contribution is -0.255. The van der Waals surface area contributed by atoms with Gasteiger partial charge in [-0.05, 0) is 12.8 Å². The van der Waals surface area contributed by atoms with Gasteiger partial charge in [-0.15, -0.1) is 0 Å². The number of hydrogen-bond donors (Lipinski definition) is 5. The second kappa shape index (κ2) is 7.37. The van der Waals surface area contributed by atoms with E-state index in [0.29, 0.717) is 0 Å². The summed E-state index contributed by atoms with van der Waals surface area (Å²) in [6.45, 7) is 3.64. The van der Waals surface area contributed by atoms with Gasteiger partial charge in [-0.3, -0.25) is 0 Å². The average Bonchev–Trinajstić information content (AvgIpc) is 2.37. The molecule has 0 radical (unpaired) electrons. The molecule has 6 nitrogen and oxygen atoms in total. The van der Waals surface area contributed by atoms with Crippen LogP contribution in [-0.4, -0.2) is 63.7 Å². The number of aliphatic hydroxyl groups is 4. The van der Waals surface area contributed by atoms with Crippen molar-refractivity contribution >= 4 is 0 Å². The topological polar surface area (TPSA) is 102 Å². The van der Waals surface area contributed by atoms with Gasteiger partial charge >= 0.3 is 0 Å². The van der Waals surface area contributed by atoms with Crippen LogP contribution in [0, 0.1) is 0 Å². The molecule has 108 valence electrons. The summed E-state index contributed by atoms with van der Waals surface area (Å²) < 4.78 is 5.09. The fraction of sp³-hybridized carbons (Fsp3) is 1.00. The smallest absolute Gasteiger partial charge is 0.173 e. The van der Waals surface area contributed by atoms with Crippen LogP contribution in [0.5, 0.6) is 0 Å². The Morgan fingerprint density at radius 1 is 1.17 bits per heavy atom. The van der Waals surface area contributed by atoms with Crippen molar-refractivity contribution in [3.05, 3.63) is 0 Å². The molecule has 1 rings (SSSR count). The van der Waals surface area contributed by atoms with Gasteiger partial charge in [0.25, 0.3) is 0 Å². The highest BCUT2D eigenvalue weighted by molar-refractivity contribution is 4.93. The third-order valence-corrected chi connectivity index (χ3v) is 3.46. The Bertz CT molecular complexity index is 241. The first-order chi connectivity index (χ1) is 8.54. The molecule has 0 saturated carbocycles. The SMILES string of the molecule is CCCC(CC)NC1C(O)OC(CO)[C@@H](O)[C@@H]1O. The summed E-state index contributed by atoms with van der Waals surface area (Å²) in [5.74, 6) is 0. The predicted octanol–water partition coefficient (Wildman–Crippen LogP) is -1.05. The fourth-order valence-corrected chi connectivity index (χ4v) is 2.30. The molecular formula is C12H25NO5. The molecule has 0 aliphatic carbocycles. The normalized spacial score (nSPS) is 38.7. The maximum Gasteiger partial charge on any atom is 0.173 e. The molecule has 5 N–H and O–H groups in total. The van der Waals surface area contributed by atoms with E-state index in [4.69, 9.17) is 9.84 Å². The van der Waals surface area contributed by atoms with E-state index in [9.17, 15) is 15.3 Å². The number of rotatable bonds is 6. The molecule has 6 heteroatoms. The van der Waals surface area contributed by atoms with Crippen molar-refractivity contribution in [1.82, 2.24) is 5.32 Å². The largest absolute Gasteiger partial charge is 0.394 e. The molecule has 0 aromatic carbocycles. The van der Waals surface area contributed by atoms with Crippen molar-refractivity contribution in [3.63, 3.8) is 0 Å². The zero-order valence-corrected chi connectivity index (χ0v) is 11.0. The van der Waals surface area contributed by atoms with E-state index in [-0.39, 0.29) is 6.04 Å². The van der Waals surface area contributed by atoms with Crippen molar-refractivity contribution < 1.29 is 25.2 Å². The lowest BCUT2D eigenvalue weighted by atomic mass is 9.95. The van der Waals surface area contributed by atoms with Crippen LogP contribution in [-0.2, 0) is 4.74 Å². The van der Waals surface area contributed by atoms with E-state index in [1.165, 1.54) is 0 Å². The van der Waals surface area contributed by atoms with Crippen LogP contribution in [0.4, 0.5) is 0 Å². The highest BCUT2D eigenvalue weighted by Crippen LogP contribution is 2.21. The van der Waals surface area contributed by atoms with Gasteiger partial charge in [-0.1, -0.05) is 20.3 Å². The maximum absolute atomic E-state index is 9.96. The van der Waals surface area contributed by atoms with Crippen LogP contribution in [0.1, 0.15) is 33.1 Å². The van der Waals surface area contributed by atoms with Gasteiger partial charge in [0.1, 0.15) is 18.3 Å². The predicted molar refractivity (Wildman–Crippen MR) is 65.9 cm³/mol. The molecule has 6 atom stereocenters. The van der Waals surface area contributed by atoms with Crippen molar-refractivity contribution in [1.29, 1.82) is 0 Å². The van der Waals surface area contributed by atoms with Crippen LogP contribution in [0.15, 0.2) is 0 Å². The van der Waals surface area contributed by atoms with Gasteiger partial charge in [0.15, 0.2) is 6.29 Å². The van der Waals surface area contributed by atoms with E-state index in [1.54, 1.807) is 0 Å². The molecule has 0 spiro atoms. The average molecular weight is 263 g/mol. The van der Waals surface area contributed by atoms with E-state index < -0.39 is 37.3 Å². The minimum atomic E-state index is -1.23. The molecule has 1 aliphatic heterocycles.